The number of amides is 5. The SMILES string of the molecule is C=C(NNC(=O)CCCCCC)C1C(=O)N(C)C(=O)N(C)C1=O. The summed E-state index contributed by atoms with van der Waals surface area (Å²) in [6, 6.07) is -0.691. The molecule has 5 amide bonds. The van der Waals surface area contributed by atoms with E-state index in [4.69, 9.17) is 0 Å². The van der Waals surface area contributed by atoms with Crippen molar-refractivity contribution >= 4 is 23.8 Å². The fourth-order valence-corrected chi connectivity index (χ4v) is 2.20. The normalized spacial score (nSPS) is 15.9. The number of nitrogens with one attached hydrogen (secondary N) is 2. The van der Waals surface area contributed by atoms with Gasteiger partial charge in [0.05, 0.1) is 0 Å². The molecule has 1 saturated heterocycles. The lowest BCUT2D eigenvalue weighted by atomic mass is 10.0. The molecule has 1 fully saturated rings. The molecule has 0 radical (unpaired) electrons. The minimum absolute atomic E-state index is 0.0353. The van der Waals surface area contributed by atoms with Crippen LogP contribution in [0.3, 0.4) is 0 Å². The summed E-state index contributed by atoms with van der Waals surface area (Å²) in [5.41, 5.74) is 4.97. The molecule has 1 aliphatic heterocycles. The molecule has 0 aromatic heterocycles. The third-order valence-electron chi connectivity index (χ3n) is 3.70. The molecule has 128 valence electrons. The summed E-state index contributed by atoms with van der Waals surface area (Å²) >= 11 is 0. The van der Waals surface area contributed by atoms with E-state index in [9.17, 15) is 19.2 Å². The first-order chi connectivity index (χ1) is 10.8. The van der Waals surface area contributed by atoms with Crippen LogP contribution >= 0.6 is 0 Å². The highest BCUT2D eigenvalue weighted by molar-refractivity contribution is 6.17. The lowest BCUT2D eigenvalue weighted by Gasteiger charge is -2.33. The van der Waals surface area contributed by atoms with E-state index in [0.29, 0.717) is 6.42 Å². The highest BCUT2D eigenvalue weighted by Gasteiger charge is 2.44. The second-order valence-corrected chi connectivity index (χ2v) is 5.52. The van der Waals surface area contributed by atoms with Gasteiger partial charge in [-0.25, -0.2) is 4.79 Å². The molecule has 1 rings (SSSR count). The maximum atomic E-state index is 12.1. The molecule has 8 nitrogen and oxygen atoms in total. The molecule has 0 aliphatic carbocycles. The zero-order valence-electron chi connectivity index (χ0n) is 13.8. The van der Waals surface area contributed by atoms with Crippen LogP contribution in [0.2, 0.25) is 0 Å². The van der Waals surface area contributed by atoms with Gasteiger partial charge in [0.15, 0.2) is 5.92 Å². The molecular weight excluding hydrogens is 300 g/mol. The molecule has 0 aromatic carbocycles. The largest absolute Gasteiger partial charge is 0.332 e. The number of hydrogen-bond acceptors (Lipinski definition) is 5. The molecule has 1 aliphatic rings. The van der Waals surface area contributed by atoms with Crippen LogP contribution in [-0.2, 0) is 14.4 Å². The summed E-state index contributed by atoms with van der Waals surface area (Å²) in [6.07, 6.45) is 4.26. The van der Waals surface area contributed by atoms with E-state index < -0.39 is 23.8 Å². The Morgan fingerprint density at radius 1 is 1.04 bits per heavy atom. The fraction of sp³-hybridized carbons (Fsp3) is 0.600. The van der Waals surface area contributed by atoms with Gasteiger partial charge in [0, 0.05) is 26.2 Å². The zero-order valence-corrected chi connectivity index (χ0v) is 13.8. The molecule has 0 bridgehead atoms. The molecule has 23 heavy (non-hydrogen) atoms. The second kappa shape index (κ2) is 8.30. The Balaban J connectivity index is 2.53. The highest BCUT2D eigenvalue weighted by atomic mass is 16.2. The Morgan fingerprint density at radius 2 is 1.61 bits per heavy atom. The summed E-state index contributed by atoms with van der Waals surface area (Å²) < 4.78 is 0. The van der Waals surface area contributed by atoms with E-state index in [0.717, 1.165) is 35.5 Å². The predicted octanol–water partition coefficient (Wildman–Crippen LogP) is 0.758. The first-order valence-electron chi connectivity index (χ1n) is 7.64. The quantitative estimate of drug-likeness (QED) is 0.390. The summed E-state index contributed by atoms with van der Waals surface area (Å²) in [5.74, 6) is -2.82. The van der Waals surface area contributed by atoms with Crippen LogP contribution in [0.1, 0.15) is 39.0 Å². The van der Waals surface area contributed by atoms with E-state index in [1.165, 1.54) is 14.1 Å². The van der Waals surface area contributed by atoms with Crippen molar-refractivity contribution in [2.75, 3.05) is 14.1 Å². The van der Waals surface area contributed by atoms with Crippen LogP contribution in [0.25, 0.3) is 0 Å². The van der Waals surface area contributed by atoms with Crippen molar-refractivity contribution in [2.45, 2.75) is 39.0 Å². The van der Waals surface area contributed by atoms with E-state index in [-0.39, 0.29) is 11.6 Å². The topological polar surface area (TPSA) is 98.8 Å². The van der Waals surface area contributed by atoms with Gasteiger partial charge in [-0.1, -0.05) is 32.8 Å². The van der Waals surface area contributed by atoms with Crippen molar-refractivity contribution < 1.29 is 19.2 Å². The van der Waals surface area contributed by atoms with Crippen molar-refractivity contribution in [2.24, 2.45) is 5.92 Å². The van der Waals surface area contributed by atoms with Gasteiger partial charge in [0.2, 0.25) is 17.7 Å². The minimum atomic E-state index is -1.23. The Kier molecular flexibility index (Phi) is 6.74. The molecule has 0 saturated carbocycles. The summed E-state index contributed by atoms with van der Waals surface area (Å²) in [4.78, 5) is 49.2. The number of carbonyl (C=O) groups is 4. The molecule has 0 aromatic rings. The van der Waals surface area contributed by atoms with E-state index in [2.05, 4.69) is 24.4 Å². The third-order valence-corrected chi connectivity index (χ3v) is 3.70. The first kappa shape index (κ1) is 18.7. The molecule has 2 N–H and O–H groups in total. The van der Waals surface area contributed by atoms with E-state index in [1.54, 1.807) is 0 Å². The Hall–Kier alpha value is -2.38. The maximum absolute atomic E-state index is 12.1. The number of urea groups is 1. The van der Waals surface area contributed by atoms with Gasteiger partial charge in [-0.3, -0.25) is 29.6 Å². The lowest BCUT2D eigenvalue weighted by molar-refractivity contribution is -0.146. The first-order valence-corrected chi connectivity index (χ1v) is 7.64. The van der Waals surface area contributed by atoms with Crippen molar-refractivity contribution in [3.8, 4) is 0 Å². The van der Waals surface area contributed by atoms with Gasteiger partial charge in [0.25, 0.3) is 0 Å². The number of nitrogens with zero attached hydrogens (tertiary/aromatic N) is 2. The van der Waals surface area contributed by atoms with Crippen molar-refractivity contribution in [1.29, 1.82) is 0 Å². The summed E-state index contributed by atoms with van der Waals surface area (Å²) in [7, 11) is 2.58. The average molecular weight is 324 g/mol. The maximum Gasteiger partial charge on any atom is 0.332 e. The predicted molar refractivity (Wildman–Crippen MR) is 83.6 cm³/mol. The molecule has 8 heteroatoms. The number of hydrazine groups is 1. The Morgan fingerprint density at radius 3 is 2.13 bits per heavy atom. The average Bonchev–Trinajstić information content (AvgIpc) is 2.53. The monoisotopic (exact) mass is 324 g/mol. The lowest BCUT2D eigenvalue weighted by Crippen LogP contribution is -2.59. The fourth-order valence-electron chi connectivity index (χ4n) is 2.20. The number of carbonyl (C=O) groups excluding carboxylic acids is 4. The van der Waals surface area contributed by atoms with Crippen LogP contribution in [0.15, 0.2) is 12.3 Å². The van der Waals surface area contributed by atoms with Gasteiger partial charge < -0.3 is 5.43 Å². The van der Waals surface area contributed by atoms with Crippen molar-refractivity contribution in [1.82, 2.24) is 20.7 Å². The Bertz CT molecular complexity index is 494. The van der Waals surface area contributed by atoms with Gasteiger partial charge in [-0.05, 0) is 6.42 Å². The molecule has 0 spiro atoms. The van der Waals surface area contributed by atoms with Crippen molar-refractivity contribution in [3.05, 3.63) is 12.3 Å². The second-order valence-electron chi connectivity index (χ2n) is 5.52. The van der Waals surface area contributed by atoms with Crippen LogP contribution in [0.5, 0.6) is 0 Å². The van der Waals surface area contributed by atoms with Gasteiger partial charge in [-0.15, -0.1) is 0 Å². The molecule has 1 heterocycles. The number of unbranched alkanes of at least 4 members (excludes halogenated alkanes) is 3. The van der Waals surface area contributed by atoms with Crippen LogP contribution < -0.4 is 10.9 Å². The minimum Gasteiger partial charge on any atom is -0.302 e. The number of rotatable bonds is 8. The molecule has 0 unspecified atom stereocenters. The highest BCUT2D eigenvalue weighted by Crippen LogP contribution is 2.19. The zero-order chi connectivity index (χ0) is 17.6. The summed E-state index contributed by atoms with van der Waals surface area (Å²) in [6.45, 7) is 5.71. The smallest absolute Gasteiger partial charge is 0.302 e. The number of hydrogen-bond donors (Lipinski definition) is 2. The third kappa shape index (κ3) is 4.54. The number of barbiturate groups is 1. The number of imide groups is 2. The van der Waals surface area contributed by atoms with E-state index in [1.807, 2.05) is 0 Å². The summed E-state index contributed by atoms with van der Waals surface area (Å²) in [5, 5.41) is 0. The van der Waals surface area contributed by atoms with Crippen LogP contribution in [0, 0.1) is 5.92 Å². The molecule has 0 atom stereocenters. The van der Waals surface area contributed by atoms with Gasteiger partial charge in [-0.2, -0.15) is 0 Å². The van der Waals surface area contributed by atoms with Crippen LogP contribution in [-0.4, -0.2) is 47.6 Å². The standard InChI is InChI=1S/C15H24N4O4/c1-5-6-7-8-9-11(20)17-16-10(2)12-13(21)18(3)15(23)19(4)14(12)22/h12,16H,2,5-9H2,1,3-4H3,(H,17,20). The van der Waals surface area contributed by atoms with E-state index >= 15 is 0 Å². The van der Waals surface area contributed by atoms with Crippen molar-refractivity contribution in [3.63, 3.8) is 0 Å². The van der Waals surface area contributed by atoms with Crippen LogP contribution in [0.4, 0.5) is 4.79 Å². The molecular formula is C15H24N4O4. The van der Waals surface area contributed by atoms with Gasteiger partial charge in [0.1, 0.15) is 0 Å². The Labute approximate surface area is 135 Å². The van der Waals surface area contributed by atoms with Gasteiger partial charge >= 0.3 is 6.03 Å².